The largest absolute Gasteiger partial charge is 0.383 e. The number of nitrogens with zero attached hydrogens (tertiary/aromatic N) is 4. The van der Waals surface area contributed by atoms with Crippen molar-refractivity contribution in [3.05, 3.63) is 65.5 Å². The normalized spacial score (nSPS) is 21.0. The molecule has 1 aromatic carbocycles. The van der Waals surface area contributed by atoms with Crippen molar-refractivity contribution >= 4 is 11.9 Å². The molecule has 3 amide bonds. The van der Waals surface area contributed by atoms with Crippen LogP contribution in [0.3, 0.4) is 0 Å². The minimum absolute atomic E-state index is 0.0139. The van der Waals surface area contributed by atoms with Crippen LogP contribution >= 0.6 is 0 Å². The van der Waals surface area contributed by atoms with E-state index in [0.29, 0.717) is 26.0 Å². The fraction of sp³-hybridized carbons (Fsp3) is 0.480. The maximum Gasteiger partial charge on any atom is 0.328 e. The zero-order valence-electron chi connectivity index (χ0n) is 18.6. The third kappa shape index (κ3) is 3.59. The number of benzene rings is 1. The van der Waals surface area contributed by atoms with Gasteiger partial charge in [0, 0.05) is 51.7 Å². The topological polar surface area (TPSA) is 66.0 Å². The Morgan fingerprint density at radius 1 is 1.03 bits per heavy atom. The molecule has 2 fully saturated rings. The van der Waals surface area contributed by atoms with E-state index in [9.17, 15) is 9.59 Å². The van der Waals surface area contributed by atoms with Gasteiger partial charge in [0.1, 0.15) is 5.54 Å². The molecular formula is C25H30N4O3. The number of rotatable bonds is 6. The van der Waals surface area contributed by atoms with E-state index in [1.165, 1.54) is 16.7 Å². The Labute approximate surface area is 189 Å². The molecule has 2 aliphatic heterocycles. The minimum atomic E-state index is -0.751. The lowest BCUT2D eigenvalue weighted by molar-refractivity contribution is -0.137. The number of pyridine rings is 1. The van der Waals surface area contributed by atoms with Crippen molar-refractivity contribution in [1.82, 2.24) is 19.7 Å². The molecule has 3 heterocycles. The molecular weight excluding hydrogens is 404 g/mol. The predicted octanol–water partition coefficient (Wildman–Crippen LogP) is 2.49. The quantitative estimate of drug-likeness (QED) is 0.654. The van der Waals surface area contributed by atoms with Crippen LogP contribution in [0, 0.1) is 0 Å². The highest BCUT2D eigenvalue weighted by atomic mass is 16.5. The van der Waals surface area contributed by atoms with Crippen LogP contribution in [-0.4, -0.2) is 76.6 Å². The molecule has 1 aromatic heterocycles. The van der Waals surface area contributed by atoms with E-state index in [4.69, 9.17) is 4.74 Å². The fourth-order valence-electron chi connectivity index (χ4n) is 5.58. The summed E-state index contributed by atoms with van der Waals surface area (Å²) in [4.78, 5) is 37.3. The van der Waals surface area contributed by atoms with E-state index in [1.54, 1.807) is 12.0 Å². The molecule has 7 heteroatoms. The molecule has 0 unspecified atom stereocenters. The Balaban J connectivity index is 1.35. The summed E-state index contributed by atoms with van der Waals surface area (Å²) < 4.78 is 5.29. The number of hydrogen-bond acceptors (Lipinski definition) is 5. The Morgan fingerprint density at radius 3 is 2.31 bits per heavy atom. The molecule has 3 aliphatic rings. The van der Waals surface area contributed by atoms with Gasteiger partial charge in [0.2, 0.25) is 0 Å². The lowest BCUT2D eigenvalue weighted by atomic mass is 9.85. The summed E-state index contributed by atoms with van der Waals surface area (Å²) in [7, 11) is 1.64. The summed E-state index contributed by atoms with van der Waals surface area (Å²) in [5, 5.41) is 0. The number of aromatic nitrogens is 1. The highest BCUT2D eigenvalue weighted by Crippen LogP contribution is 2.40. The van der Waals surface area contributed by atoms with Crippen molar-refractivity contribution in [1.29, 1.82) is 0 Å². The first kappa shape index (κ1) is 21.1. The smallest absolute Gasteiger partial charge is 0.328 e. The third-order valence-electron chi connectivity index (χ3n) is 7.32. The van der Waals surface area contributed by atoms with Gasteiger partial charge in [-0.15, -0.1) is 0 Å². The summed E-state index contributed by atoms with van der Waals surface area (Å²) in [6.45, 7) is 3.27. The fourth-order valence-corrected chi connectivity index (χ4v) is 5.58. The van der Waals surface area contributed by atoms with Crippen LogP contribution in [0.25, 0.3) is 0 Å². The molecule has 0 N–H and O–H groups in total. The summed E-state index contributed by atoms with van der Waals surface area (Å²) >= 11 is 0. The van der Waals surface area contributed by atoms with E-state index >= 15 is 0 Å². The molecule has 1 spiro atoms. The van der Waals surface area contributed by atoms with Gasteiger partial charge in [-0.05, 0) is 54.5 Å². The summed E-state index contributed by atoms with van der Waals surface area (Å²) in [6, 6.07) is 12.1. The minimum Gasteiger partial charge on any atom is -0.383 e. The standard InChI is InChI=1S/C25H30N4O3/c1-32-15-14-28-24(31)29(22-16-20-4-2-3-5-21(20)17-22)23(30)25(28)8-12-27(13-9-25)18-19-6-10-26-11-7-19/h2-7,10-11,22H,8-9,12-18H2,1H3. The lowest BCUT2D eigenvalue weighted by Crippen LogP contribution is -2.57. The molecule has 0 bridgehead atoms. The molecule has 5 rings (SSSR count). The van der Waals surface area contributed by atoms with Crippen molar-refractivity contribution in [3.63, 3.8) is 0 Å². The van der Waals surface area contributed by atoms with Gasteiger partial charge in [0.05, 0.1) is 6.61 Å². The number of piperidine rings is 1. The van der Waals surface area contributed by atoms with Gasteiger partial charge in [-0.2, -0.15) is 0 Å². The van der Waals surface area contributed by atoms with Gasteiger partial charge in [-0.25, -0.2) is 4.79 Å². The van der Waals surface area contributed by atoms with Crippen LogP contribution in [0.1, 0.15) is 29.5 Å². The lowest BCUT2D eigenvalue weighted by Gasteiger charge is -2.42. The molecule has 1 aliphatic carbocycles. The van der Waals surface area contributed by atoms with E-state index in [1.807, 2.05) is 41.6 Å². The van der Waals surface area contributed by atoms with Crippen LogP contribution in [0.2, 0.25) is 0 Å². The van der Waals surface area contributed by atoms with E-state index < -0.39 is 5.54 Å². The zero-order chi connectivity index (χ0) is 22.1. The predicted molar refractivity (Wildman–Crippen MR) is 120 cm³/mol. The van der Waals surface area contributed by atoms with Gasteiger partial charge in [-0.1, -0.05) is 24.3 Å². The van der Waals surface area contributed by atoms with Crippen molar-refractivity contribution in [2.75, 3.05) is 33.4 Å². The highest BCUT2D eigenvalue weighted by molar-refractivity contribution is 6.07. The number of carbonyl (C=O) groups excluding carboxylic acids is 2. The Hall–Kier alpha value is -2.77. The van der Waals surface area contributed by atoms with E-state index in [-0.39, 0.29) is 18.0 Å². The number of carbonyl (C=O) groups is 2. The molecule has 2 aromatic rings. The summed E-state index contributed by atoms with van der Waals surface area (Å²) in [5.41, 5.74) is 2.95. The van der Waals surface area contributed by atoms with Gasteiger partial charge in [0.15, 0.2) is 0 Å². The molecule has 0 atom stereocenters. The third-order valence-corrected chi connectivity index (χ3v) is 7.32. The van der Waals surface area contributed by atoms with Gasteiger partial charge < -0.3 is 9.64 Å². The number of likely N-dealkylation sites (tertiary alicyclic amines) is 1. The molecule has 168 valence electrons. The number of fused-ring (bicyclic) bond motifs is 1. The molecule has 0 radical (unpaired) electrons. The van der Waals surface area contributed by atoms with E-state index in [2.05, 4.69) is 22.0 Å². The summed E-state index contributed by atoms with van der Waals surface area (Å²) in [6.07, 6.45) is 6.42. The maximum absolute atomic E-state index is 13.9. The number of urea groups is 1. The number of imide groups is 1. The summed E-state index contributed by atoms with van der Waals surface area (Å²) in [5.74, 6) is -0.0139. The first-order valence-electron chi connectivity index (χ1n) is 11.4. The number of methoxy groups -OCH3 is 1. The van der Waals surface area contributed by atoms with E-state index in [0.717, 1.165) is 32.5 Å². The van der Waals surface area contributed by atoms with Crippen LogP contribution in [0.15, 0.2) is 48.8 Å². The van der Waals surface area contributed by atoms with Crippen LogP contribution in [0.4, 0.5) is 4.79 Å². The van der Waals surface area contributed by atoms with Crippen molar-refractivity contribution in [2.24, 2.45) is 0 Å². The molecule has 7 nitrogen and oxygen atoms in total. The Kier molecular flexibility index (Phi) is 5.69. The Morgan fingerprint density at radius 2 is 1.69 bits per heavy atom. The second-order valence-corrected chi connectivity index (χ2v) is 9.10. The monoisotopic (exact) mass is 434 g/mol. The van der Waals surface area contributed by atoms with Crippen LogP contribution in [0.5, 0.6) is 0 Å². The Bertz CT molecular complexity index is 963. The second kappa shape index (κ2) is 8.64. The number of hydrogen-bond donors (Lipinski definition) is 0. The molecule has 32 heavy (non-hydrogen) atoms. The highest BCUT2D eigenvalue weighted by Gasteiger charge is 2.59. The first-order valence-corrected chi connectivity index (χ1v) is 11.4. The van der Waals surface area contributed by atoms with Crippen molar-refractivity contribution in [2.45, 2.75) is 43.8 Å². The van der Waals surface area contributed by atoms with Crippen LogP contribution < -0.4 is 0 Å². The second-order valence-electron chi connectivity index (χ2n) is 9.10. The number of amides is 3. The SMILES string of the molecule is COCCN1C(=O)N(C2Cc3ccccc3C2)C(=O)C12CCN(Cc1ccncc1)CC2. The maximum atomic E-state index is 13.9. The van der Waals surface area contributed by atoms with Gasteiger partial charge in [-0.3, -0.25) is 19.6 Å². The number of ether oxygens (including phenoxy) is 1. The van der Waals surface area contributed by atoms with Gasteiger partial charge >= 0.3 is 6.03 Å². The van der Waals surface area contributed by atoms with Crippen molar-refractivity contribution in [3.8, 4) is 0 Å². The first-order chi connectivity index (χ1) is 15.6. The average Bonchev–Trinajstić information content (AvgIpc) is 3.32. The molecule has 0 saturated carbocycles. The zero-order valence-corrected chi connectivity index (χ0v) is 18.6. The van der Waals surface area contributed by atoms with Crippen LogP contribution in [-0.2, 0) is 28.9 Å². The van der Waals surface area contributed by atoms with Gasteiger partial charge in [0.25, 0.3) is 5.91 Å². The molecule has 2 saturated heterocycles. The van der Waals surface area contributed by atoms with Crippen molar-refractivity contribution < 1.29 is 14.3 Å². The average molecular weight is 435 g/mol.